The quantitative estimate of drug-likeness (QED) is 0.814. The summed E-state index contributed by atoms with van der Waals surface area (Å²) in [5, 5.41) is 4.72. The van der Waals surface area contributed by atoms with Gasteiger partial charge >= 0.3 is 0 Å². The van der Waals surface area contributed by atoms with E-state index in [0.717, 1.165) is 16.1 Å². The van der Waals surface area contributed by atoms with E-state index >= 15 is 0 Å². The molecule has 1 N–H and O–H groups in total. The number of benzene rings is 2. The first-order valence-corrected chi connectivity index (χ1v) is 7.70. The number of nitrogens with one attached hydrogen (secondary N) is 1. The molecule has 0 amide bonds. The van der Waals surface area contributed by atoms with Crippen LogP contribution >= 0.6 is 23.2 Å². The van der Waals surface area contributed by atoms with E-state index in [0.29, 0.717) is 23.1 Å². The molecule has 5 heteroatoms. The van der Waals surface area contributed by atoms with Crippen molar-refractivity contribution in [2.45, 2.75) is 19.5 Å². The van der Waals surface area contributed by atoms with Gasteiger partial charge in [0.25, 0.3) is 0 Å². The van der Waals surface area contributed by atoms with Crippen molar-refractivity contribution in [3.05, 3.63) is 57.6 Å². The Labute approximate surface area is 141 Å². The second-order valence-corrected chi connectivity index (χ2v) is 5.81. The number of hydrogen-bond acceptors (Lipinski definition) is 3. The standard InChI is InChI=1S/C17H19Cl2NO2/c1-11(13-5-4-6-14(18)9-13)20-10-12-7-15(19)17(22-3)16(8-12)21-2/h4-9,11,20H,10H2,1-3H3. The lowest BCUT2D eigenvalue weighted by atomic mass is 10.1. The van der Waals surface area contributed by atoms with Gasteiger partial charge in [-0.25, -0.2) is 0 Å². The summed E-state index contributed by atoms with van der Waals surface area (Å²) in [6.45, 7) is 2.75. The molecule has 0 radical (unpaired) electrons. The molecule has 2 rings (SSSR count). The average molecular weight is 340 g/mol. The molecule has 2 aromatic rings. The van der Waals surface area contributed by atoms with E-state index in [1.165, 1.54) is 0 Å². The molecule has 0 aliphatic heterocycles. The number of rotatable bonds is 6. The Balaban J connectivity index is 2.10. The molecule has 1 atom stereocenters. The highest BCUT2D eigenvalue weighted by molar-refractivity contribution is 6.32. The van der Waals surface area contributed by atoms with Crippen molar-refractivity contribution in [3.63, 3.8) is 0 Å². The van der Waals surface area contributed by atoms with Gasteiger partial charge in [0.15, 0.2) is 11.5 Å². The number of halogens is 2. The Morgan fingerprint density at radius 2 is 1.86 bits per heavy atom. The van der Waals surface area contributed by atoms with Gasteiger partial charge in [-0.2, -0.15) is 0 Å². The van der Waals surface area contributed by atoms with Gasteiger partial charge in [-0.15, -0.1) is 0 Å². The first kappa shape index (κ1) is 16.9. The van der Waals surface area contributed by atoms with Crippen LogP contribution in [0.15, 0.2) is 36.4 Å². The van der Waals surface area contributed by atoms with Gasteiger partial charge in [-0.3, -0.25) is 0 Å². The van der Waals surface area contributed by atoms with Crippen LogP contribution in [0.5, 0.6) is 11.5 Å². The van der Waals surface area contributed by atoms with Gasteiger partial charge in [-0.05, 0) is 42.3 Å². The van der Waals surface area contributed by atoms with Crippen LogP contribution in [-0.2, 0) is 6.54 Å². The predicted octanol–water partition coefficient (Wildman–Crippen LogP) is 4.86. The molecule has 3 nitrogen and oxygen atoms in total. The zero-order chi connectivity index (χ0) is 16.1. The van der Waals surface area contributed by atoms with Crippen LogP contribution in [0.2, 0.25) is 10.0 Å². The zero-order valence-corrected chi connectivity index (χ0v) is 14.3. The van der Waals surface area contributed by atoms with Crippen LogP contribution in [0.4, 0.5) is 0 Å². The highest BCUT2D eigenvalue weighted by atomic mass is 35.5. The van der Waals surface area contributed by atoms with E-state index in [4.69, 9.17) is 32.7 Å². The van der Waals surface area contributed by atoms with Gasteiger partial charge in [0, 0.05) is 17.6 Å². The Hall–Kier alpha value is -1.42. The van der Waals surface area contributed by atoms with Crippen molar-refractivity contribution in [2.24, 2.45) is 0 Å². The molecule has 1 unspecified atom stereocenters. The summed E-state index contributed by atoms with van der Waals surface area (Å²) in [4.78, 5) is 0. The van der Waals surface area contributed by atoms with Crippen molar-refractivity contribution >= 4 is 23.2 Å². The normalized spacial score (nSPS) is 12.0. The molecular formula is C17H19Cl2NO2. The fourth-order valence-electron chi connectivity index (χ4n) is 2.24. The molecule has 0 aliphatic rings. The first-order chi connectivity index (χ1) is 10.5. The zero-order valence-electron chi connectivity index (χ0n) is 12.8. The third-order valence-corrected chi connectivity index (χ3v) is 3.97. The van der Waals surface area contributed by atoms with Crippen LogP contribution in [0.25, 0.3) is 0 Å². The van der Waals surface area contributed by atoms with Crippen LogP contribution in [-0.4, -0.2) is 14.2 Å². The fourth-order valence-corrected chi connectivity index (χ4v) is 2.75. The minimum Gasteiger partial charge on any atom is -0.493 e. The van der Waals surface area contributed by atoms with Gasteiger partial charge in [0.05, 0.1) is 19.2 Å². The molecule has 0 aliphatic carbocycles. The third kappa shape index (κ3) is 4.07. The highest BCUT2D eigenvalue weighted by Gasteiger charge is 2.12. The lowest BCUT2D eigenvalue weighted by Gasteiger charge is -2.16. The minimum absolute atomic E-state index is 0.172. The van der Waals surface area contributed by atoms with Gasteiger partial charge in [-0.1, -0.05) is 35.3 Å². The van der Waals surface area contributed by atoms with Crippen LogP contribution in [0, 0.1) is 0 Å². The van der Waals surface area contributed by atoms with E-state index in [1.807, 2.05) is 36.4 Å². The molecule has 2 aromatic carbocycles. The number of ether oxygens (including phenoxy) is 2. The lowest BCUT2D eigenvalue weighted by Crippen LogP contribution is -2.18. The largest absolute Gasteiger partial charge is 0.493 e. The SMILES string of the molecule is COc1cc(CNC(C)c2cccc(Cl)c2)cc(Cl)c1OC. The van der Waals surface area contributed by atoms with E-state index in [9.17, 15) is 0 Å². The van der Waals surface area contributed by atoms with E-state index < -0.39 is 0 Å². The fraction of sp³-hybridized carbons (Fsp3) is 0.294. The van der Waals surface area contributed by atoms with Crippen molar-refractivity contribution in [3.8, 4) is 11.5 Å². The Kier molecular flexibility index (Phi) is 5.95. The van der Waals surface area contributed by atoms with E-state index in [-0.39, 0.29) is 6.04 Å². The molecule has 0 bridgehead atoms. The highest BCUT2D eigenvalue weighted by Crippen LogP contribution is 2.36. The Morgan fingerprint density at radius 3 is 2.50 bits per heavy atom. The summed E-state index contributed by atoms with van der Waals surface area (Å²) in [7, 11) is 3.17. The topological polar surface area (TPSA) is 30.5 Å². The van der Waals surface area contributed by atoms with Crippen LogP contribution in [0.1, 0.15) is 24.1 Å². The Bertz CT molecular complexity index is 647. The van der Waals surface area contributed by atoms with Crippen molar-refractivity contribution < 1.29 is 9.47 Å². The predicted molar refractivity (Wildman–Crippen MR) is 91.3 cm³/mol. The van der Waals surface area contributed by atoms with Crippen molar-refractivity contribution in [1.29, 1.82) is 0 Å². The summed E-state index contributed by atoms with van der Waals surface area (Å²) in [6, 6.07) is 11.8. The van der Waals surface area contributed by atoms with Gasteiger partial charge in [0.1, 0.15) is 0 Å². The number of methoxy groups -OCH3 is 2. The molecule has 118 valence electrons. The maximum Gasteiger partial charge on any atom is 0.179 e. The average Bonchev–Trinajstić information content (AvgIpc) is 2.51. The van der Waals surface area contributed by atoms with E-state index in [2.05, 4.69) is 12.2 Å². The molecule has 0 fully saturated rings. The second-order valence-electron chi connectivity index (χ2n) is 4.97. The summed E-state index contributed by atoms with van der Waals surface area (Å²) in [5.74, 6) is 1.18. The first-order valence-electron chi connectivity index (χ1n) is 6.94. The number of hydrogen-bond donors (Lipinski definition) is 1. The molecule has 0 saturated carbocycles. The van der Waals surface area contributed by atoms with Crippen molar-refractivity contribution in [2.75, 3.05) is 14.2 Å². The van der Waals surface area contributed by atoms with Crippen LogP contribution < -0.4 is 14.8 Å². The van der Waals surface area contributed by atoms with Crippen molar-refractivity contribution in [1.82, 2.24) is 5.32 Å². The summed E-state index contributed by atoms with van der Waals surface area (Å²) >= 11 is 12.2. The summed E-state index contributed by atoms with van der Waals surface area (Å²) < 4.78 is 10.5. The maximum atomic E-state index is 6.22. The molecular weight excluding hydrogens is 321 g/mol. The molecule has 0 saturated heterocycles. The molecule has 0 heterocycles. The molecule has 0 spiro atoms. The third-order valence-electron chi connectivity index (χ3n) is 3.45. The smallest absolute Gasteiger partial charge is 0.179 e. The van der Waals surface area contributed by atoms with E-state index in [1.54, 1.807) is 14.2 Å². The summed E-state index contributed by atoms with van der Waals surface area (Å²) in [5.41, 5.74) is 2.16. The molecule has 0 aromatic heterocycles. The van der Waals surface area contributed by atoms with Crippen LogP contribution in [0.3, 0.4) is 0 Å². The maximum absolute atomic E-state index is 6.22. The lowest BCUT2D eigenvalue weighted by molar-refractivity contribution is 0.354. The second kappa shape index (κ2) is 7.73. The van der Waals surface area contributed by atoms with Gasteiger partial charge in [0.2, 0.25) is 0 Å². The minimum atomic E-state index is 0.172. The molecule has 22 heavy (non-hydrogen) atoms. The summed E-state index contributed by atoms with van der Waals surface area (Å²) in [6.07, 6.45) is 0. The Morgan fingerprint density at radius 1 is 1.09 bits per heavy atom. The van der Waals surface area contributed by atoms with Gasteiger partial charge < -0.3 is 14.8 Å². The monoisotopic (exact) mass is 339 g/mol.